The smallest absolute Gasteiger partial charge is 0.386 e. The first-order chi connectivity index (χ1) is 28.5. The number of halogens is 3. The summed E-state index contributed by atoms with van der Waals surface area (Å²) in [5.41, 5.74) is -0.462. The molecule has 3 aliphatic heterocycles. The van der Waals surface area contributed by atoms with Crippen LogP contribution in [0, 0.1) is 11.8 Å². The Balaban J connectivity index is 0.833. The lowest BCUT2D eigenvalue weighted by atomic mass is 9.81. The molecule has 4 aromatic rings. The summed E-state index contributed by atoms with van der Waals surface area (Å²) in [5, 5.41) is 20.3. The predicted octanol–water partition coefficient (Wildman–Crippen LogP) is 6.69. The number of pyridine rings is 1. The fourth-order valence-electron chi connectivity index (χ4n) is 8.93. The van der Waals surface area contributed by atoms with Gasteiger partial charge in [0.2, 0.25) is 11.8 Å². The van der Waals surface area contributed by atoms with E-state index in [0.717, 1.165) is 84.9 Å². The average molecular weight is 846 g/mol. The summed E-state index contributed by atoms with van der Waals surface area (Å²) in [6, 6.07) is 10.7. The van der Waals surface area contributed by atoms with Crippen molar-refractivity contribution in [2.24, 2.45) is 11.8 Å². The summed E-state index contributed by atoms with van der Waals surface area (Å²) in [7, 11) is 0. The third-order valence-corrected chi connectivity index (χ3v) is 13.4. The maximum atomic E-state index is 13.5. The van der Waals surface area contributed by atoms with E-state index in [1.165, 1.54) is 17.4 Å². The van der Waals surface area contributed by atoms with E-state index in [4.69, 9.17) is 4.98 Å². The molecule has 2 aromatic heterocycles. The van der Waals surface area contributed by atoms with E-state index in [-0.39, 0.29) is 41.3 Å². The van der Waals surface area contributed by atoms with Crippen molar-refractivity contribution in [1.82, 2.24) is 25.1 Å². The lowest BCUT2D eigenvalue weighted by molar-refractivity contribution is -0.141. The Morgan fingerprint density at radius 3 is 2.33 bits per heavy atom. The molecule has 0 radical (unpaired) electrons. The molecule has 13 nitrogen and oxygen atoms in total. The normalized spacial score (nSPS) is 22.0. The molecule has 5 heterocycles. The summed E-state index contributed by atoms with van der Waals surface area (Å²) < 4.78 is 40.6. The van der Waals surface area contributed by atoms with Crippen LogP contribution in [-0.4, -0.2) is 86.6 Å². The lowest BCUT2D eigenvalue weighted by Gasteiger charge is -2.36. The summed E-state index contributed by atoms with van der Waals surface area (Å²) >= 11 is 1.53. The molecule has 4 aliphatic rings. The quantitative estimate of drug-likeness (QED) is 0.126. The first-order valence-corrected chi connectivity index (χ1v) is 21.2. The van der Waals surface area contributed by atoms with E-state index in [2.05, 4.69) is 25.8 Å². The number of hydrogen-bond acceptors (Lipinski definition) is 11. The summed E-state index contributed by atoms with van der Waals surface area (Å²) in [5.74, 6) is -1.69. The number of benzene rings is 2. The minimum Gasteiger partial charge on any atom is -0.386 e. The number of thiazole rings is 1. The van der Waals surface area contributed by atoms with Gasteiger partial charge in [-0.15, -0.1) is 11.3 Å². The molecule has 5 amide bonds. The molecule has 0 spiro atoms. The Hall–Kier alpha value is -5.26. The third-order valence-electron chi connectivity index (χ3n) is 12.2. The van der Waals surface area contributed by atoms with Crippen LogP contribution >= 0.6 is 11.3 Å². The topological polar surface area (TPSA) is 174 Å². The first-order valence-electron chi connectivity index (χ1n) is 20.4. The summed E-state index contributed by atoms with van der Waals surface area (Å²) in [6.45, 7) is 6.74. The standard InChI is InChI=1S/C43H46F3N7O6S/c1-42(2,59)27-19-31-33(20-30(27)49-37(55)29-7-4-8-34(48-29)43(44,45)46)60-39(50-31)25-11-9-24(10-12-25)22-52-17-15-23(16-18-52)21-47-28-6-3-5-26-36(28)41(58)53(40(26)57)32-13-14-35(54)51-38(32)56/h3-8,19-20,23-25,32,47,59H,9-18,21-22H2,1-2H3,(H,49,55)(H,51,54,56). The first kappa shape index (κ1) is 41.5. The number of rotatable bonds is 10. The van der Waals surface area contributed by atoms with Crippen molar-refractivity contribution in [2.75, 3.05) is 36.8 Å². The minimum absolute atomic E-state index is 0.0671. The molecule has 60 heavy (non-hydrogen) atoms. The van der Waals surface area contributed by atoms with Gasteiger partial charge in [-0.05, 0) is 120 Å². The third kappa shape index (κ3) is 8.52. The highest BCUT2D eigenvalue weighted by Crippen LogP contribution is 2.42. The second-order valence-corrected chi connectivity index (χ2v) is 17.9. The van der Waals surface area contributed by atoms with Crippen molar-refractivity contribution in [3.8, 4) is 0 Å². The molecule has 1 saturated carbocycles. The SMILES string of the molecule is CC(C)(O)c1cc2nc(C3CCC(CN4CCC(CNc5cccc6c5C(=O)N(C5CCC(=O)NC5=O)C6=O)CC4)CC3)sc2cc1NC(=O)c1cccc(C(F)(F)F)n1. The van der Waals surface area contributed by atoms with Crippen molar-refractivity contribution in [1.29, 1.82) is 0 Å². The molecule has 4 N–H and O–H groups in total. The Labute approximate surface area is 348 Å². The maximum absolute atomic E-state index is 13.5. The van der Waals surface area contributed by atoms with Crippen LogP contribution in [0.3, 0.4) is 0 Å². The number of imide groups is 2. The Morgan fingerprint density at radius 2 is 1.63 bits per heavy atom. The average Bonchev–Trinajstić information content (AvgIpc) is 3.74. The summed E-state index contributed by atoms with van der Waals surface area (Å²) in [4.78, 5) is 75.9. The molecule has 1 aliphatic carbocycles. The van der Waals surface area contributed by atoms with Gasteiger partial charge in [-0.2, -0.15) is 13.2 Å². The van der Waals surface area contributed by atoms with E-state index >= 15 is 0 Å². The number of carbonyl (C=O) groups excluding carboxylic acids is 5. The fraction of sp³-hybridized carbons (Fsp3) is 0.465. The number of hydrogen-bond donors (Lipinski definition) is 4. The molecule has 2 aromatic carbocycles. The van der Waals surface area contributed by atoms with Gasteiger partial charge in [-0.3, -0.25) is 34.2 Å². The van der Waals surface area contributed by atoms with Gasteiger partial charge in [0.25, 0.3) is 17.7 Å². The molecule has 2 saturated heterocycles. The van der Waals surface area contributed by atoms with Gasteiger partial charge in [0.05, 0.1) is 32.0 Å². The molecular formula is C43H46F3N7O6S. The molecule has 0 bridgehead atoms. The van der Waals surface area contributed by atoms with Gasteiger partial charge >= 0.3 is 6.18 Å². The highest BCUT2D eigenvalue weighted by atomic mass is 32.1. The molecule has 3 fully saturated rings. The van der Waals surface area contributed by atoms with Crippen LogP contribution in [0.1, 0.15) is 119 Å². The van der Waals surface area contributed by atoms with Crippen molar-refractivity contribution < 1.29 is 42.3 Å². The van der Waals surface area contributed by atoms with Crippen LogP contribution in [0.15, 0.2) is 48.5 Å². The van der Waals surface area contributed by atoms with Crippen molar-refractivity contribution in [3.05, 3.63) is 81.6 Å². The number of carbonyl (C=O) groups is 5. The zero-order valence-corrected chi connectivity index (χ0v) is 34.0. The predicted molar refractivity (Wildman–Crippen MR) is 218 cm³/mol. The van der Waals surface area contributed by atoms with Crippen molar-refractivity contribution in [3.63, 3.8) is 0 Å². The number of nitrogens with one attached hydrogen (secondary N) is 3. The molecule has 316 valence electrons. The minimum atomic E-state index is -4.70. The molecule has 1 unspecified atom stereocenters. The molecule has 1 atom stereocenters. The van der Waals surface area contributed by atoms with E-state index in [0.29, 0.717) is 35.1 Å². The van der Waals surface area contributed by atoms with Gasteiger partial charge in [-0.1, -0.05) is 12.1 Å². The van der Waals surface area contributed by atoms with Gasteiger partial charge in [0.1, 0.15) is 17.4 Å². The lowest BCUT2D eigenvalue weighted by Crippen LogP contribution is -2.54. The number of alkyl halides is 3. The largest absolute Gasteiger partial charge is 0.433 e. The molecule has 17 heteroatoms. The van der Waals surface area contributed by atoms with Crippen LogP contribution in [0.5, 0.6) is 0 Å². The number of likely N-dealkylation sites (tertiary alicyclic amines) is 1. The van der Waals surface area contributed by atoms with E-state index in [1.54, 1.807) is 44.2 Å². The molecular weight excluding hydrogens is 800 g/mol. The zero-order valence-electron chi connectivity index (χ0n) is 33.2. The maximum Gasteiger partial charge on any atom is 0.433 e. The Morgan fingerprint density at radius 1 is 0.900 bits per heavy atom. The Bertz CT molecular complexity index is 2360. The number of aromatic nitrogens is 2. The Kier molecular flexibility index (Phi) is 11.3. The van der Waals surface area contributed by atoms with Crippen molar-refractivity contribution >= 4 is 62.5 Å². The van der Waals surface area contributed by atoms with Gasteiger partial charge in [0, 0.05) is 42.4 Å². The van der Waals surface area contributed by atoms with Crippen LogP contribution in [-0.2, 0) is 21.4 Å². The number of amides is 5. The van der Waals surface area contributed by atoms with Gasteiger partial charge < -0.3 is 20.6 Å². The van der Waals surface area contributed by atoms with Crippen LogP contribution in [0.4, 0.5) is 24.5 Å². The zero-order chi connectivity index (χ0) is 42.5. The number of piperidine rings is 2. The summed E-state index contributed by atoms with van der Waals surface area (Å²) in [6.07, 6.45) is 1.55. The van der Waals surface area contributed by atoms with Crippen molar-refractivity contribution in [2.45, 2.75) is 89.0 Å². The second-order valence-electron chi connectivity index (χ2n) is 16.9. The van der Waals surface area contributed by atoms with E-state index in [1.807, 2.05) is 0 Å². The number of fused-ring (bicyclic) bond motifs is 2. The highest BCUT2D eigenvalue weighted by Gasteiger charge is 2.46. The van der Waals surface area contributed by atoms with E-state index < -0.39 is 53.0 Å². The van der Waals surface area contributed by atoms with Crippen LogP contribution < -0.4 is 16.0 Å². The van der Waals surface area contributed by atoms with Gasteiger partial charge in [0.15, 0.2) is 0 Å². The monoisotopic (exact) mass is 845 g/mol. The second kappa shape index (κ2) is 16.3. The van der Waals surface area contributed by atoms with Gasteiger partial charge in [-0.25, -0.2) is 9.97 Å². The molecule has 8 rings (SSSR count). The number of nitrogens with zero attached hydrogens (tertiary/aromatic N) is 4. The van der Waals surface area contributed by atoms with E-state index in [9.17, 15) is 42.3 Å². The highest BCUT2D eigenvalue weighted by molar-refractivity contribution is 7.18. The fourth-order valence-corrected chi connectivity index (χ4v) is 10.1. The number of anilines is 2. The van der Waals surface area contributed by atoms with Crippen LogP contribution in [0.2, 0.25) is 0 Å². The number of aliphatic hydroxyl groups is 1. The van der Waals surface area contributed by atoms with Crippen LogP contribution in [0.25, 0.3) is 10.2 Å².